The van der Waals surface area contributed by atoms with Gasteiger partial charge in [0.05, 0.1) is 19.8 Å². The van der Waals surface area contributed by atoms with Gasteiger partial charge in [-0.15, -0.1) is 0 Å². The standard InChI is InChI=1S/C4H8O4P/c1-2-6-9(5)7-3-4-8-9/h1-4H2. The van der Waals surface area contributed by atoms with Crippen molar-refractivity contribution in [1.82, 2.24) is 0 Å². The van der Waals surface area contributed by atoms with Gasteiger partial charge >= 0.3 is 7.82 Å². The monoisotopic (exact) mass is 151 g/mol. The molecule has 0 aromatic heterocycles. The fraction of sp³-hybridized carbons (Fsp3) is 0.750. The predicted octanol–water partition coefficient (Wildman–Crippen LogP) is 0.992. The SMILES string of the molecule is [CH2]COP1(=O)OCCO1. The summed E-state index contributed by atoms with van der Waals surface area (Å²) in [5.74, 6) is 0. The molecule has 0 N–H and O–H groups in total. The third-order valence-corrected chi connectivity index (χ3v) is 2.33. The highest BCUT2D eigenvalue weighted by Gasteiger charge is 2.30. The van der Waals surface area contributed by atoms with Crippen LogP contribution in [-0.2, 0) is 18.1 Å². The molecule has 0 aromatic rings. The smallest absolute Gasteiger partial charge is 0.287 e. The van der Waals surface area contributed by atoms with Crippen LogP contribution in [0.2, 0.25) is 0 Å². The van der Waals surface area contributed by atoms with Crippen LogP contribution in [-0.4, -0.2) is 19.8 Å². The Morgan fingerprint density at radius 3 is 2.56 bits per heavy atom. The molecule has 1 heterocycles. The molecule has 0 aromatic carbocycles. The fourth-order valence-electron chi connectivity index (χ4n) is 0.522. The first-order valence-electron chi connectivity index (χ1n) is 2.60. The lowest BCUT2D eigenvalue weighted by Crippen LogP contribution is -1.87. The molecule has 1 aliphatic rings. The van der Waals surface area contributed by atoms with Crippen LogP contribution in [0.25, 0.3) is 0 Å². The minimum atomic E-state index is -3.13. The van der Waals surface area contributed by atoms with Crippen molar-refractivity contribution in [3.63, 3.8) is 0 Å². The quantitative estimate of drug-likeness (QED) is 0.552. The lowest BCUT2D eigenvalue weighted by atomic mass is 10.8. The maximum absolute atomic E-state index is 10.9. The van der Waals surface area contributed by atoms with Crippen molar-refractivity contribution < 1.29 is 18.1 Å². The average Bonchev–Trinajstić information content (AvgIpc) is 2.16. The Morgan fingerprint density at radius 2 is 2.11 bits per heavy atom. The maximum Gasteiger partial charge on any atom is 0.474 e. The summed E-state index contributed by atoms with van der Waals surface area (Å²) in [6.07, 6.45) is 0. The number of hydrogen-bond acceptors (Lipinski definition) is 4. The van der Waals surface area contributed by atoms with Crippen LogP contribution in [0.5, 0.6) is 0 Å². The molecule has 1 radical (unpaired) electrons. The predicted molar refractivity (Wildman–Crippen MR) is 30.8 cm³/mol. The second-order valence-electron chi connectivity index (χ2n) is 1.45. The zero-order valence-electron chi connectivity index (χ0n) is 4.91. The number of hydrogen-bond donors (Lipinski definition) is 0. The molecule has 1 fully saturated rings. The fourth-order valence-corrected chi connectivity index (χ4v) is 1.57. The van der Waals surface area contributed by atoms with Gasteiger partial charge in [0.1, 0.15) is 0 Å². The number of phosphoric acid groups is 1. The van der Waals surface area contributed by atoms with Crippen LogP contribution < -0.4 is 0 Å². The molecule has 1 rings (SSSR count). The van der Waals surface area contributed by atoms with Gasteiger partial charge in [0.2, 0.25) is 0 Å². The van der Waals surface area contributed by atoms with E-state index in [9.17, 15) is 4.57 Å². The van der Waals surface area contributed by atoms with Crippen molar-refractivity contribution in [3.05, 3.63) is 6.92 Å². The Bertz CT molecular complexity index is 125. The van der Waals surface area contributed by atoms with Crippen LogP contribution in [0, 0.1) is 6.92 Å². The van der Waals surface area contributed by atoms with Gasteiger partial charge in [-0.2, -0.15) is 0 Å². The molecule has 0 atom stereocenters. The van der Waals surface area contributed by atoms with E-state index in [2.05, 4.69) is 20.5 Å². The number of rotatable bonds is 2. The summed E-state index contributed by atoms with van der Waals surface area (Å²) in [4.78, 5) is 0. The summed E-state index contributed by atoms with van der Waals surface area (Å²) in [5.41, 5.74) is 0. The Labute approximate surface area is 53.7 Å². The highest BCUT2D eigenvalue weighted by Crippen LogP contribution is 2.52. The van der Waals surface area contributed by atoms with E-state index in [4.69, 9.17) is 0 Å². The van der Waals surface area contributed by atoms with Crippen LogP contribution in [0.4, 0.5) is 0 Å². The van der Waals surface area contributed by atoms with E-state index < -0.39 is 7.82 Å². The Morgan fingerprint density at radius 1 is 1.56 bits per heavy atom. The first-order valence-corrected chi connectivity index (χ1v) is 4.06. The lowest BCUT2D eigenvalue weighted by molar-refractivity contribution is 0.207. The Hall–Kier alpha value is 0.110. The molecular weight excluding hydrogens is 143 g/mol. The van der Waals surface area contributed by atoms with Crippen molar-refractivity contribution in [3.8, 4) is 0 Å². The van der Waals surface area contributed by atoms with Gasteiger partial charge in [-0.3, -0.25) is 13.6 Å². The van der Waals surface area contributed by atoms with Crippen LogP contribution >= 0.6 is 7.82 Å². The molecule has 0 spiro atoms. The third kappa shape index (κ3) is 1.76. The summed E-state index contributed by atoms with van der Waals surface area (Å²) in [5, 5.41) is 0. The highest BCUT2D eigenvalue weighted by atomic mass is 31.2. The Kier molecular flexibility index (Phi) is 2.24. The van der Waals surface area contributed by atoms with Gasteiger partial charge in [0.25, 0.3) is 0 Å². The Balaban J connectivity index is 2.42. The summed E-state index contributed by atoms with van der Waals surface area (Å²) >= 11 is 0. The molecule has 0 unspecified atom stereocenters. The van der Waals surface area contributed by atoms with Crippen molar-refractivity contribution >= 4 is 7.82 Å². The summed E-state index contributed by atoms with van der Waals surface area (Å²) in [7, 11) is -3.13. The maximum atomic E-state index is 10.9. The van der Waals surface area contributed by atoms with Crippen molar-refractivity contribution in [1.29, 1.82) is 0 Å². The zero-order valence-corrected chi connectivity index (χ0v) is 5.80. The minimum absolute atomic E-state index is 0.108. The first kappa shape index (κ1) is 7.22. The average molecular weight is 151 g/mol. The molecule has 0 bridgehead atoms. The molecule has 0 amide bonds. The largest absolute Gasteiger partial charge is 0.474 e. The van der Waals surface area contributed by atoms with Gasteiger partial charge in [-0.1, -0.05) is 0 Å². The normalized spacial score (nSPS) is 24.6. The molecule has 9 heavy (non-hydrogen) atoms. The number of phosphoric ester groups is 1. The van der Waals surface area contributed by atoms with Gasteiger partial charge in [0.15, 0.2) is 0 Å². The molecular formula is C4H8O4P. The molecule has 1 aliphatic heterocycles. The van der Waals surface area contributed by atoms with E-state index in [0.29, 0.717) is 13.2 Å². The van der Waals surface area contributed by atoms with E-state index in [1.807, 2.05) is 0 Å². The van der Waals surface area contributed by atoms with E-state index in [1.54, 1.807) is 0 Å². The molecule has 4 nitrogen and oxygen atoms in total. The molecule has 5 heteroatoms. The van der Waals surface area contributed by atoms with E-state index in [0.717, 1.165) is 0 Å². The molecule has 0 saturated carbocycles. The van der Waals surface area contributed by atoms with Crippen molar-refractivity contribution in [2.45, 2.75) is 0 Å². The third-order valence-electron chi connectivity index (χ3n) is 0.832. The van der Waals surface area contributed by atoms with E-state index >= 15 is 0 Å². The second-order valence-corrected chi connectivity index (χ2v) is 3.12. The van der Waals surface area contributed by atoms with Crippen molar-refractivity contribution in [2.75, 3.05) is 19.8 Å². The van der Waals surface area contributed by atoms with E-state index in [-0.39, 0.29) is 6.61 Å². The molecule has 0 aliphatic carbocycles. The lowest BCUT2D eigenvalue weighted by Gasteiger charge is -2.05. The highest BCUT2D eigenvalue weighted by molar-refractivity contribution is 7.48. The topological polar surface area (TPSA) is 44.8 Å². The van der Waals surface area contributed by atoms with Crippen LogP contribution in [0.1, 0.15) is 0 Å². The van der Waals surface area contributed by atoms with Crippen LogP contribution in [0.15, 0.2) is 0 Å². The molecule has 53 valence electrons. The second kappa shape index (κ2) is 2.80. The van der Waals surface area contributed by atoms with Gasteiger partial charge in [-0.25, -0.2) is 4.57 Å². The van der Waals surface area contributed by atoms with E-state index in [1.165, 1.54) is 0 Å². The zero-order chi connectivity index (χ0) is 6.74. The van der Waals surface area contributed by atoms with Crippen molar-refractivity contribution in [2.24, 2.45) is 0 Å². The summed E-state index contributed by atoms with van der Waals surface area (Å²) < 4.78 is 24.8. The van der Waals surface area contributed by atoms with Gasteiger partial charge in [0, 0.05) is 0 Å². The summed E-state index contributed by atoms with van der Waals surface area (Å²) in [6, 6.07) is 0. The van der Waals surface area contributed by atoms with Crippen LogP contribution in [0.3, 0.4) is 0 Å². The minimum Gasteiger partial charge on any atom is -0.287 e. The first-order chi connectivity index (χ1) is 4.27. The summed E-state index contributed by atoms with van der Waals surface area (Å²) in [6.45, 7) is 4.14. The van der Waals surface area contributed by atoms with Gasteiger partial charge in [-0.05, 0) is 6.92 Å². The molecule has 1 saturated heterocycles. The van der Waals surface area contributed by atoms with Gasteiger partial charge < -0.3 is 0 Å².